The molecule has 10 nitrogen and oxygen atoms in total. The standard InChI is InChI=1S/C9H13N4O6P/c1-20(16,17)18-3-5-7(14)8(15)9(19-5)13-4-11-6(2-10)12-13/h4-5,7-9,14-15H,3H2,1H3,(H,16,17)/t5-,7?,8?,9-/m1/s1. The number of hydrogen-bond donors (Lipinski definition) is 3. The second-order valence-corrected chi connectivity index (χ2v) is 6.17. The van der Waals surface area contributed by atoms with E-state index in [4.69, 9.17) is 14.9 Å². The van der Waals surface area contributed by atoms with Crippen LogP contribution in [0.15, 0.2) is 6.33 Å². The summed E-state index contributed by atoms with van der Waals surface area (Å²) in [7, 11) is -3.71. The highest BCUT2D eigenvalue weighted by molar-refractivity contribution is 7.51. The van der Waals surface area contributed by atoms with E-state index in [0.717, 1.165) is 11.3 Å². The third kappa shape index (κ3) is 3.21. The zero-order valence-corrected chi connectivity index (χ0v) is 11.3. The summed E-state index contributed by atoms with van der Waals surface area (Å²) in [5.74, 6) is -0.108. The predicted octanol–water partition coefficient (Wildman–Crippen LogP) is -1.40. The van der Waals surface area contributed by atoms with E-state index in [2.05, 4.69) is 14.6 Å². The summed E-state index contributed by atoms with van der Waals surface area (Å²) in [6, 6.07) is 1.72. The maximum Gasteiger partial charge on any atom is 0.325 e. The summed E-state index contributed by atoms with van der Waals surface area (Å²) in [6.45, 7) is 0.637. The van der Waals surface area contributed by atoms with Gasteiger partial charge in [0.05, 0.1) is 6.61 Å². The number of ether oxygens (including phenoxy) is 1. The van der Waals surface area contributed by atoms with Crippen LogP contribution in [0.4, 0.5) is 0 Å². The minimum Gasteiger partial charge on any atom is -0.387 e. The SMILES string of the molecule is CP(=O)(O)OC[C@H]1O[C@@H](n2cnc(C#N)n2)C(O)C1O. The van der Waals surface area contributed by atoms with Gasteiger partial charge in [-0.15, -0.1) is 5.10 Å². The minimum absolute atomic E-state index is 0.108. The predicted molar refractivity (Wildman–Crippen MR) is 62.4 cm³/mol. The van der Waals surface area contributed by atoms with E-state index in [-0.39, 0.29) is 12.4 Å². The second kappa shape index (κ2) is 5.57. The van der Waals surface area contributed by atoms with Crippen LogP contribution in [0.1, 0.15) is 12.1 Å². The van der Waals surface area contributed by atoms with Gasteiger partial charge in [0.25, 0.3) is 5.82 Å². The largest absolute Gasteiger partial charge is 0.387 e. The van der Waals surface area contributed by atoms with E-state index in [1.807, 2.05) is 0 Å². The zero-order valence-electron chi connectivity index (χ0n) is 10.4. The van der Waals surface area contributed by atoms with Crippen LogP contribution in [-0.2, 0) is 13.8 Å². The highest BCUT2D eigenvalue weighted by Crippen LogP contribution is 2.38. The van der Waals surface area contributed by atoms with Gasteiger partial charge in [-0.2, -0.15) is 5.26 Å². The maximum atomic E-state index is 11.0. The highest BCUT2D eigenvalue weighted by Gasteiger charge is 2.44. The normalized spacial score (nSPS) is 32.8. The van der Waals surface area contributed by atoms with E-state index in [1.54, 1.807) is 6.07 Å². The lowest BCUT2D eigenvalue weighted by atomic mass is 10.1. The minimum atomic E-state index is -3.71. The molecule has 3 unspecified atom stereocenters. The fourth-order valence-corrected chi connectivity index (χ4v) is 2.17. The van der Waals surface area contributed by atoms with Crippen molar-refractivity contribution in [2.45, 2.75) is 24.5 Å². The molecule has 1 aliphatic heterocycles. The van der Waals surface area contributed by atoms with Crippen molar-refractivity contribution in [3.63, 3.8) is 0 Å². The maximum absolute atomic E-state index is 11.0. The van der Waals surface area contributed by atoms with Gasteiger partial charge in [0, 0.05) is 6.66 Å². The summed E-state index contributed by atoms with van der Waals surface area (Å²) in [6.07, 6.45) is -3.51. The van der Waals surface area contributed by atoms with E-state index >= 15 is 0 Å². The first-order valence-corrected chi connectivity index (χ1v) is 7.62. The molecule has 2 heterocycles. The summed E-state index contributed by atoms with van der Waals surface area (Å²) in [5.41, 5.74) is 0. The van der Waals surface area contributed by atoms with Gasteiger partial charge in [0.15, 0.2) is 6.23 Å². The van der Waals surface area contributed by atoms with Crippen molar-refractivity contribution >= 4 is 7.60 Å². The number of rotatable bonds is 4. The van der Waals surface area contributed by atoms with Crippen LogP contribution in [0, 0.1) is 11.3 Å². The molecule has 0 saturated carbocycles. The molecule has 3 N–H and O–H groups in total. The average molecular weight is 304 g/mol. The first-order valence-electron chi connectivity index (χ1n) is 5.59. The number of aliphatic hydroxyl groups excluding tert-OH is 2. The van der Waals surface area contributed by atoms with E-state index in [1.165, 1.54) is 6.33 Å². The Labute approximate surface area is 113 Å². The van der Waals surface area contributed by atoms with Gasteiger partial charge < -0.3 is 24.4 Å². The smallest absolute Gasteiger partial charge is 0.325 e. The molecular formula is C9H13N4O6P. The lowest BCUT2D eigenvalue weighted by Crippen LogP contribution is -2.33. The molecule has 0 bridgehead atoms. The molecule has 1 aromatic heterocycles. The van der Waals surface area contributed by atoms with Gasteiger partial charge in [-0.05, 0) is 0 Å². The number of aliphatic hydroxyl groups is 2. The van der Waals surface area contributed by atoms with Crippen LogP contribution in [-0.4, -0.2) is 61.5 Å². The van der Waals surface area contributed by atoms with Crippen molar-refractivity contribution in [1.82, 2.24) is 14.8 Å². The number of nitrogens with zero attached hydrogens (tertiary/aromatic N) is 4. The quantitative estimate of drug-likeness (QED) is 0.570. The monoisotopic (exact) mass is 304 g/mol. The third-order valence-corrected chi connectivity index (χ3v) is 3.31. The molecule has 5 atom stereocenters. The summed E-state index contributed by atoms with van der Waals surface area (Å²) >= 11 is 0. The Bertz CT molecular complexity index is 565. The van der Waals surface area contributed by atoms with Crippen molar-refractivity contribution in [2.24, 2.45) is 0 Å². The van der Waals surface area contributed by atoms with Crippen molar-refractivity contribution in [2.75, 3.05) is 13.3 Å². The van der Waals surface area contributed by atoms with Crippen LogP contribution in [0.3, 0.4) is 0 Å². The van der Waals surface area contributed by atoms with Crippen molar-refractivity contribution in [3.8, 4) is 6.07 Å². The zero-order chi connectivity index (χ0) is 14.9. The Morgan fingerprint density at radius 3 is 2.85 bits per heavy atom. The molecule has 2 rings (SSSR count). The van der Waals surface area contributed by atoms with E-state index in [0.29, 0.717) is 0 Å². The van der Waals surface area contributed by atoms with Gasteiger partial charge >= 0.3 is 7.60 Å². The molecule has 0 spiro atoms. The van der Waals surface area contributed by atoms with E-state index < -0.39 is 32.1 Å². The van der Waals surface area contributed by atoms with Gasteiger partial charge in [-0.1, -0.05) is 0 Å². The third-order valence-electron chi connectivity index (χ3n) is 2.68. The Morgan fingerprint density at radius 2 is 2.30 bits per heavy atom. The molecule has 1 fully saturated rings. The Hall–Kier alpha value is -1.34. The second-order valence-electron chi connectivity index (χ2n) is 4.31. The van der Waals surface area contributed by atoms with Gasteiger partial charge in [0.2, 0.25) is 0 Å². The molecule has 0 radical (unpaired) electrons. The van der Waals surface area contributed by atoms with Crippen molar-refractivity contribution in [1.29, 1.82) is 5.26 Å². The number of aromatic nitrogens is 3. The topological polar surface area (TPSA) is 151 Å². The highest BCUT2D eigenvalue weighted by atomic mass is 31.2. The van der Waals surface area contributed by atoms with Crippen molar-refractivity contribution < 1.29 is 28.9 Å². The van der Waals surface area contributed by atoms with Crippen molar-refractivity contribution in [3.05, 3.63) is 12.2 Å². The molecule has 20 heavy (non-hydrogen) atoms. The average Bonchev–Trinajstić information content (AvgIpc) is 2.94. The first-order chi connectivity index (χ1) is 9.31. The molecule has 110 valence electrons. The van der Waals surface area contributed by atoms with Crippen LogP contribution in [0.25, 0.3) is 0 Å². The summed E-state index contributed by atoms with van der Waals surface area (Å²) < 4.78 is 22.1. The first kappa shape index (κ1) is 15.1. The van der Waals surface area contributed by atoms with Crippen LogP contribution >= 0.6 is 7.60 Å². The summed E-state index contributed by atoms with van der Waals surface area (Å²) in [5, 5.41) is 32.0. The fraction of sp³-hybridized carbons (Fsp3) is 0.667. The van der Waals surface area contributed by atoms with Gasteiger partial charge in [-0.25, -0.2) is 9.67 Å². The molecule has 0 amide bonds. The van der Waals surface area contributed by atoms with Crippen LogP contribution < -0.4 is 0 Å². The fourth-order valence-electron chi connectivity index (χ4n) is 1.75. The Kier molecular flexibility index (Phi) is 4.19. The molecular weight excluding hydrogens is 291 g/mol. The van der Waals surface area contributed by atoms with E-state index in [9.17, 15) is 14.8 Å². The Morgan fingerprint density at radius 1 is 1.60 bits per heavy atom. The molecule has 0 aromatic carbocycles. The van der Waals surface area contributed by atoms with Gasteiger partial charge in [0.1, 0.15) is 30.7 Å². The lowest BCUT2D eigenvalue weighted by Gasteiger charge is -2.15. The summed E-state index contributed by atoms with van der Waals surface area (Å²) in [4.78, 5) is 12.7. The molecule has 1 saturated heterocycles. The lowest BCUT2D eigenvalue weighted by molar-refractivity contribution is -0.0563. The Balaban J connectivity index is 2.07. The molecule has 11 heteroatoms. The van der Waals surface area contributed by atoms with Gasteiger partial charge in [-0.3, -0.25) is 4.57 Å². The number of nitriles is 1. The molecule has 1 aliphatic rings. The van der Waals surface area contributed by atoms with Crippen LogP contribution in [0.5, 0.6) is 0 Å². The number of hydrogen-bond acceptors (Lipinski definition) is 8. The molecule has 0 aliphatic carbocycles. The molecule has 1 aromatic rings. The van der Waals surface area contributed by atoms with Crippen LogP contribution in [0.2, 0.25) is 0 Å².